The third kappa shape index (κ3) is 2.56. The molecule has 112 valence electrons. The van der Waals surface area contributed by atoms with Gasteiger partial charge in [0, 0.05) is 40.8 Å². The molecule has 0 saturated carbocycles. The molecule has 1 unspecified atom stereocenters. The van der Waals surface area contributed by atoms with Crippen molar-refractivity contribution >= 4 is 40.6 Å². The molecule has 22 heavy (non-hydrogen) atoms. The summed E-state index contributed by atoms with van der Waals surface area (Å²) in [5, 5.41) is 11.1. The van der Waals surface area contributed by atoms with Crippen molar-refractivity contribution in [1.82, 2.24) is 5.32 Å². The number of anilines is 3. The largest absolute Gasteiger partial charge is 0.380 e. The first kappa shape index (κ1) is 13.6. The summed E-state index contributed by atoms with van der Waals surface area (Å²) < 4.78 is 0. The Labute approximate surface area is 134 Å². The minimum absolute atomic E-state index is 0.472. The Balaban J connectivity index is 1.71. The van der Waals surface area contributed by atoms with Gasteiger partial charge in [-0.25, -0.2) is 0 Å². The molecular formula is C17H17ClN4. The number of hydrogen-bond donors (Lipinski definition) is 3. The highest BCUT2D eigenvalue weighted by Gasteiger charge is 2.17. The van der Waals surface area contributed by atoms with Crippen LogP contribution in [-0.4, -0.2) is 25.3 Å². The summed E-state index contributed by atoms with van der Waals surface area (Å²) in [6.07, 6.45) is 3.05. The van der Waals surface area contributed by atoms with Gasteiger partial charge in [-0.1, -0.05) is 17.7 Å². The van der Waals surface area contributed by atoms with Crippen molar-refractivity contribution in [2.75, 3.05) is 23.7 Å². The molecule has 4 nitrogen and oxygen atoms in total. The van der Waals surface area contributed by atoms with Gasteiger partial charge in [0.15, 0.2) is 0 Å². The normalized spacial score (nSPS) is 19.0. The van der Waals surface area contributed by atoms with Crippen LogP contribution in [0.1, 0.15) is 12.0 Å². The smallest absolute Gasteiger partial charge is 0.0879 e. The molecule has 2 heterocycles. The van der Waals surface area contributed by atoms with Gasteiger partial charge >= 0.3 is 0 Å². The molecular weight excluding hydrogens is 296 g/mol. The second-order valence-electron chi connectivity index (χ2n) is 5.65. The van der Waals surface area contributed by atoms with E-state index in [0.29, 0.717) is 11.1 Å². The zero-order valence-electron chi connectivity index (χ0n) is 12.1. The maximum absolute atomic E-state index is 6.06. The van der Waals surface area contributed by atoms with Gasteiger partial charge in [0.25, 0.3) is 0 Å². The average molecular weight is 313 g/mol. The van der Waals surface area contributed by atoms with Gasteiger partial charge in [0.05, 0.1) is 11.4 Å². The van der Waals surface area contributed by atoms with E-state index in [1.165, 1.54) is 0 Å². The second kappa shape index (κ2) is 5.63. The van der Waals surface area contributed by atoms with Gasteiger partial charge in [0.2, 0.25) is 0 Å². The zero-order valence-corrected chi connectivity index (χ0v) is 12.8. The Morgan fingerprint density at radius 3 is 3.00 bits per heavy atom. The lowest BCUT2D eigenvalue weighted by Gasteiger charge is -2.17. The number of aliphatic imine (C=N–C) groups is 1. The van der Waals surface area contributed by atoms with Crippen molar-refractivity contribution in [2.45, 2.75) is 12.5 Å². The molecule has 4 rings (SSSR count). The Bertz CT molecular complexity index is 735. The van der Waals surface area contributed by atoms with Crippen molar-refractivity contribution < 1.29 is 0 Å². The first-order valence-corrected chi connectivity index (χ1v) is 7.88. The maximum atomic E-state index is 6.06. The van der Waals surface area contributed by atoms with Crippen LogP contribution in [0, 0.1) is 0 Å². The minimum atomic E-state index is 0.472. The van der Waals surface area contributed by atoms with E-state index >= 15 is 0 Å². The number of benzene rings is 2. The molecule has 0 spiro atoms. The number of fused-ring (bicyclic) bond motifs is 2. The standard InChI is InChI=1S/C17H17ClN4/c18-11-4-5-16-17(8-11)20-10-13-14(2-1-3-15(13)22-16)21-12-6-7-19-9-12/h1-5,8,10,12,19,21-22H,6-7,9H2. The molecule has 3 N–H and O–H groups in total. The fourth-order valence-electron chi connectivity index (χ4n) is 2.93. The van der Waals surface area contributed by atoms with Crippen molar-refractivity contribution in [1.29, 1.82) is 0 Å². The predicted molar refractivity (Wildman–Crippen MR) is 93.3 cm³/mol. The van der Waals surface area contributed by atoms with Crippen LogP contribution in [0.3, 0.4) is 0 Å². The molecule has 1 fully saturated rings. The summed E-state index contributed by atoms with van der Waals surface area (Å²) in [5.41, 5.74) is 5.08. The molecule has 2 aromatic carbocycles. The van der Waals surface area contributed by atoms with E-state index in [1.54, 1.807) is 0 Å². The van der Waals surface area contributed by atoms with E-state index in [0.717, 1.165) is 47.8 Å². The summed E-state index contributed by atoms with van der Waals surface area (Å²) in [7, 11) is 0. The van der Waals surface area contributed by atoms with Gasteiger partial charge in [-0.15, -0.1) is 0 Å². The molecule has 0 radical (unpaired) electrons. The molecule has 2 aliphatic heterocycles. The molecule has 0 aliphatic carbocycles. The van der Waals surface area contributed by atoms with Crippen molar-refractivity contribution in [3.8, 4) is 0 Å². The van der Waals surface area contributed by atoms with Crippen molar-refractivity contribution in [3.63, 3.8) is 0 Å². The number of rotatable bonds is 2. The van der Waals surface area contributed by atoms with Crippen molar-refractivity contribution in [3.05, 3.63) is 47.0 Å². The van der Waals surface area contributed by atoms with Crippen LogP contribution in [0.25, 0.3) is 0 Å². The summed E-state index contributed by atoms with van der Waals surface area (Å²) in [6.45, 7) is 2.08. The Morgan fingerprint density at radius 1 is 1.18 bits per heavy atom. The first-order chi connectivity index (χ1) is 10.8. The monoisotopic (exact) mass is 312 g/mol. The predicted octanol–water partition coefficient (Wildman–Crippen LogP) is 3.92. The van der Waals surface area contributed by atoms with E-state index in [1.807, 2.05) is 24.4 Å². The van der Waals surface area contributed by atoms with Crippen LogP contribution in [-0.2, 0) is 0 Å². The molecule has 5 heteroatoms. The lowest BCUT2D eigenvalue weighted by atomic mass is 10.1. The number of nitrogens with zero attached hydrogens (tertiary/aromatic N) is 1. The van der Waals surface area contributed by atoms with Gasteiger partial charge < -0.3 is 16.0 Å². The van der Waals surface area contributed by atoms with E-state index in [-0.39, 0.29) is 0 Å². The Morgan fingerprint density at radius 2 is 2.14 bits per heavy atom. The van der Waals surface area contributed by atoms with Crippen LogP contribution in [0.4, 0.5) is 22.7 Å². The summed E-state index contributed by atoms with van der Waals surface area (Å²) in [6, 6.07) is 12.4. The minimum Gasteiger partial charge on any atom is -0.380 e. The summed E-state index contributed by atoms with van der Waals surface area (Å²) in [4.78, 5) is 4.60. The van der Waals surface area contributed by atoms with Gasteiger partial charge in [-0.2, -0.15) is 0 Å². The quantitative estimate of drug-likeness (QED) is 0.672. The topological polar surface area (TPSA) is 48.5 Å². The number of halogens is 1. The van der Waals surface area contributed by atoms with Crippen LogP contribution >= 0.6 is 11.6 Å². The molecule has 2 aliphatic rings. The highest BCUT2D eigenvalue weighted by atomic mass is 35.5. The van der Waals surface area contributed by atoms with E-state index < -0.39 is 0 Å². The second-order valence-corrected chi connectivity index (χ2v) is 6.08. The lowest BCUT2D eigenvalue weighted by Crippen LogP contribution is -2.22. The van der Waals surface area contributed by atoms with E-state index in [4.69, 9.17) is 11.6 Å². The molecule has 1 saturated heterocycles. The van der Waals surface area contributed by atoms with E-state index in [2.05, 4.69) is 39.1 Å². The molecule has 1 atom stereocenters. The number of nitrogens with one attached hydrogen (secondary N) is 3. The van der Waals surface area contributed by atoms with Crippen LogP contribution < -0.4 is 16.0 Å². The van der Waals surface area contributed by atoms with Crippen molar-refractivity contribution in [2.24, 2.45) is 4.99 Å². The summed E-state index contributed by atoms with van der Waals surface area (Å²) in [5.74, 6) is 0. The lowest BCUT2D eigenvalue weighted by molar-refractivity contribution is 0.793. The van der Waals surface area contributed by atoms with E-state index in [9.17, 15) is 0 Å². The Kier molecular flexibility index (Phi) is 3.48. The maximum Gasteiger partial charge on any atom is 0.0879 e. The third-order valence-electron chi connectivity index (χ3n) is 4.09. The molecule has 0 bridgehead atoms. The van der Waals surface area contributed by atoms with Crippen LogP contribution in [0.2, 0.25) is 5.02 Å². The molecule has 2 aromatic rings. The fourth-order valence-corrected chi connectivity index (χ4v) is 3.10. The summed E-state index contributed by atoms with van der Waals surface area (Å²) >= 11 is 6.06. The average Bonchev–Trinajstić information content (AvgIpc) is 2.94. The van der Waals surface area contributed by atoms with Gasteiger partial charge in [-0.05, 0) is 43.3 Å². The molecule has 0 aromatic heterocycles. The van der Waals surface area contributed by atoms with Crippen LogP contribution in [0.15, 0.2) is 41.4 Å². The van der Waals surface area contributed by atoms with Crippen LogP contribution in [0.5, 0.6) is 0 Å². The number of hydrogen-bond acceptors (Lipinski definition) is 4. The molecule has 0 amide bonds. The van der Waals surface area contributed by atoms with Gasteiger partial charge in [-0.3, -0.25) is 4.99 Å². The third-order valence-corrected chi connectivity index (χ3v) is 4.32. The van der Waals surface area contributed by atoms with Gasteiger partial charge in [0.1, 0.15) is 0 Å². The highest BCUT2D eigenvalue weighted by molar-refractivity contribution is 6.31. The first-order valence-electron chi connectivity index (χ1n) is 7.50. The SMILES string of the molecule is Clc1ccc2c(c1)N=Cc1c(cccc1NC1CCNC1)N2. The Hall–Kier alpha value is -2.04. The zero-order chi connectivity index (χ0) is 14.9. The highest BCUT2D eigenvalue weighted by Crippen LogP contribution is 2.36. The fraction of sp³-hybridized carbons (Fsp3) is 0.235.